The number of hydrogen-bond acceptors (Lipinski definition) is 1. The van der Waals surface area contributed by atoms with Crippen LogP contribution >= 0.6 is 11.6 Å². The molecule has 2 aromatic rings. The van der Waals surface area contributed by atoms with Gasteiger partial charge in [-0.05, 0) is 23.4 Å². The molecule has 0 fully saturated rings. The van der Waals surface area contributed by atoms with Crippen molar-refractivity contribution in [1.82, 2.24) is 0 Å². The first kappa shape index (κ1) is 11.0. The maximum absolute atomic E-state index is 9.72. The lowest BCUT2D eigenvalue weighted by Crippen LogP contribution is -1.79. The van der Waals surface area contributed by atoms with Crippen LogP contribution in [0.15, 0.2) is 42.5 Å². The molecule has 16 heavy (non-hydrogen) atoms. The second-order valence-corrected chi connectivity index (χ2v) is 3.98. The van der Waals surface area contributed by atoms with Crippen LogP contribution in [0.2, 0.25) is 0 Å². The van der Waals surface area contributed by atoms with Crippen LogP contribution in [0.25, 0.3) is 16.8 Å². The average Bonchev–Trinajstić information content (AvgIpc) is 2.33. The number of phenols is 1. The summed E-state index contributed by atoms with van der Waals surface area (Å²) in [6, 6.07) is 11.5. The van der Waals surface area contributed by atoms with E-state index in [9.17, 15) is 5.11 Å². The van der Waals surface area contributed by atoms with Crippen molar-refractivity contribution >= 4 is 28.4 Å². The molecule has 0 aliphatic heterocycles. The van der Waals surface area contributed by atoms with E-state index in [-0.39, 0.29) is 0 Å². The number of alkyl halides is 1. The normalized spacial score (nSPS) is 11.3. The molecule has 1 N–H and O–H groups in total. The molecule has 0 unspecified atom stereocenters. The van der Waals surface area contributed by atoms with Crippen LogP contribution in [0.1, 0.15) is 12.0 Å². The van der Waals surface area contributed by atoms with E-state index in [2.05, 4.69) is 0 Å². The monoisotopic (exact) mass is 232 g/mol. The predicted octanol–water partition coefficient (Wildman–Crippen LogP) is 4.19. The first-order valence-electron chi connectivity index (χ1n) is 5.26. The largest absolute Gasteiger partial charge is 0.507 e. The Hall–Kier alpha value is -1.47. The van der Waals surface area contributed by atoms with Gasteiger partial charge in [0.05, 0.1) is 0 Å². The molecule has 0 spiro atoms. The quantitative estimate of drug-likeness (QED) is 0.787. The van der Waals surface area contributed by atoms with Crippen molar-refractivity contribution in [2.75, 3.05) is 5.88 Å². The zero-order chi connectivity index (χ0) is 11.4. The van der Waals surface area contributed by atoms with Crippen LogP contribution in [0.4, 0.5) is 0 Å². The van der Waals surface area contributed by atoms with Crippen LogP contribution in [-0.2, 0) is 0 Å². The molecular weight excluding hydrogens is 220 g/mol. The molecule has 0 atom stereocenters. The van der Waals surface area contributed by atoms with Crippen molar-refractivity contribution in [2.45, 2.75) is 6.42 Å². The Morgan fingerprint density at radius 2 is 1.81 bits per heavy atom. The molecular formula is C14H13ClO. The van der Waals surface area contributed by atoms with E-state index in [0.29, 0.717) is 11.6 Å². The van der Waals surface area contributed by atoms with Gasteiger partial charge < -0.3 is 5.11 Å². The average molecular weight is 233 g/mol. The molecule has 0 amide bonds. The van der Waals surface area contributed by atoms with Crippen LogP contribution in [0.3, 0.4) is 0 Å². The number of fused-ring (bicyclic) bond motifs is 1. The van der Waals surface area contributed by atoms with Crippen molar-refractivity contribution in [3.8, 4) is 5.75 Å². The number of allylic oxidation sites excluding steroid dienone is 1. The second kappa shape index (κ2) is 5.04. The van der Waals surface area contributed by atoms with Gasteiger partial charge in [0.15, 0.2) is 0 Å². The fraction of sp³-hybridized carbons (Fsp3) is 0.143. The Morgan fingerprint density at radius 3 is 2.56 bits per heavy atom. The van der Waals surface area contributed by atoms with Crippen molar-refractivity contribution in [3.05, 3.63) is 48.0 Å². The number of rotatable bonds is 3. The van der Waals surface area contributed by atoms with Gasteiger partial charge in [-0.1, -0.05) is 42.5 Å². The summed E-state index contributed by atoms with van der Waals surface area (Å²) in [4.78, 5) is 0. The first-order valence-corrected chi connectivity index (χ1v) is 5.79. The molecule has 0 aliphatic carbocycles. The summed E-state index contributed by atoms with van der Waals surface area (Å²) in [5.41, 5.74) is 1.11. The van der Waals surface area contributed by atoms with Crippen molar-refractivity contribution in [3.63, 3.8) is 0 Å². The Morgan fingerprint density at radius 1 is 1.06 bits per heavy atom. The summed E-state index contributed by atoms with van der Waals surface area (Å²) in [5, 5.41) is 11.7. The first-order chi connectivity index (χ1) is 7.83. The van der Waals surface area contributed by atoms with Crippen molar-refractivity contribution in [1.29, 1.82) is 0 Å². The molecule has 2 rings (SSSR count). The second-order valence-electron chi connectivity index (χ2n) is 3.60. The fourth-order valence-corrected chi connectivity index (χ4v) is 1.85. The molecule has 0 saturated carbocycles. The lowest BCUT2D eigenvalue weighted by molar-refractivity contribution is 0.481. The highest BCUT2D eigenvalue weighted by Crippen LogP contribution is 2.28. The van der Waals surface area contributed by atoms with Gasteiger partial charge in [-0.3, -0.25) is 0 Å². The minimum absolute atomic E-state index is 0.324. The zero-order valence-electron chi connectivity index (χ0n) is 8.86. The van der Waals surface area contributed by atoms with Gasteiger partial charge in [0.1, 0.15) is 5.75 Å². The Labute approximate surface area is 100.0 Å². The smallest absolute Gasteiger partial charge is 0.123 e. The van der Waals surface area contributed by atoms with Gasteiger partial charge in [0.2, 0.25) is 0 Å². The highest BCUT2D eigenvalue weighted by atomic mass is 35.5. The summed E-state index contributed by atoms with van der Waals surface area (Å²) in [5.74, 6) is 0.956. The highest BCUT2D eigenvalue weighted by Gasteiger charge is 2.01. The van der Waals surface area contributed by atoms with E-state index in [0.717, 1.165) is 22.8 Å². The van der Waals surface area contributed by atoms with E-state index in [1.54, 1.807) is 6.07 Å². The number of phenolic OH excluding ortho intramolecular Hbond substituents is 1. The molecule has 0 saturated heterocycles. The van der Waals surface area contributed by atoms with Crippen molar-refractivity contribution in [2.24, 2.45) is 0 Å². The highest BCUT2D eigenvalue weighted by molar-refractivity contribution is 6.17. The Kier molecular flexibility index (Phi) is 3.47. The summed E-state index contributed by atoms with van der Waals surface area (Å²) in [7, 11) is 0. The van der Waals surface area contributed by atoms with Crippen LogP contribution in [0.5, 0.6) is 5.75 Å². The molecule has 82 valence electrons. The standard InChI is InChI=1S/C14H13ClO/c15-10-4-3-5-11-8-9-14(16)13-7-2-1-6-12(11)13/h1-3,5-9,16H,4,10H2. The fourth-order valence-electron chi connectivity index (χ4n) is 1.73. The molecule has 0 aliphatic rings. The van der Waals surface area contributed by atoms with Crippen LogP contribution in [-0.4, -0.2) is 11.0 Å². The lowest BCUT2D eigenvalue weighted by atomic mass is 10.0. The summed E-state index contributed by atoms with van der Waals surface area (Å²) >= 11 is 5.62. The van der Waals surface area contributed by atoms with E-state index < -0.39 is 0 Å². The molecule has 0 bridgehead atoms. The third-order valence-electron chi connectivity index (χ3n) is 2.51. The van der Waals surface area contributed by atoms with E-state index >= 15 is 0 Å². The van der Waals surface area contributed by atoms with Gasteiger partial charge in [0, 0.05) is 11.3 Å². The van der Waals surface area contributed by atoms with E-state index in [4.69, 9.17) is 11.6 Å². The predicted molar refractivity (Wildman–Crippen MR) is 70.0 cm³/mol. The maximum Gasteiger partial charge on any atom is 0.123 e. The minimum Gasteiger partial charge on any atom is -0.507 e. The van der Waals surface area contributed by atoms with Gasteiger partial charge in [-0.25, -0.2) is 0 Å². The molecule has 2 aromatic carbocycles. The van der Waals surface area contributed by atoms with E-state index in [1.807, 2.05) is 42.5 Å². The number of benzene rings is 2. The summed E-state index contributed by atoms with van der Waals surface area (Å²) < 4.78 is 0. The SMILES string of the molecule is Oc1ccc(C=CCCCl)c2ccccc12. The topological polar surface area (TPSA) is 20.2 Å². The zero-order valence-corrected chi connectivity index (χ0v) is 9.61. The molecule has 0 radical (unpaired) electrons. The number of hydrogen-bond donors (Lipinski definition) is 1. The third-order valence-corrected chi connectivity index (χ3v) is 2.73. The summed E-state index contributed by atoms with van der Waals surface area (Å²) in [6.45, 7) is 0. The van der Waals surface area contributed by atoms with E-state index in [1.165, 1.54) is 0 Å². The minimum atomic E-state index is 0.324. The van der Waals surface area contributed by atoms with Gasteiger partial charge in [0.25, 0.3) is 0 Å². The number of halogens is 1. The van der Waals surface area contributed by atoms with Crippen LogP contribution < -0.4 is 0 Å². The Bertz CT molecular complexity index is 517. The maximum atomic E-state index is 9.72. The number of aromatic hydroxyl groups is 1. The van der Waals surface area contributed by atoms with Gasteiger partial charge >= 0.3 is 0 Å². The molecule has 0 aromatic heterocycles. The van der Waals surface area contributed by atoms with Gasteiger partial charge in [-0.15, -0.1) is 11.6 Å². The lowest BCUT2D eigenvalue weighted by Gasteiger charge is -2.04. The Balaban J connectivity index is 2.50. The summed E-state index contributed by atoms with van der Waals surface area (Å²) in [6.07, 6.45) is 4.95. The molecule has 1 nitrogen and oxygen atoms in total. The molecule has 2 heteroatoms. The van der Waals surface area contributed by atoms with Crippen LogP contribution in [0, 0.1) is 0 Å². The van der Waals surface area contributed by atoms with Gasteiger partial charge in [-0.2, -0.15) is 0 Å². The molecule has 0 heterocycles. The third kappa shape index (κ3) is 2.20. The van der Waals surface area contributed by atoms with Crippen molar-refractivity contribution < 1.29 is 5.11 Å².